The summed E-state index contributed by atoms with van der Waals surface area (Å²) in [5, 5.41) is 11.2. The summed E-state index contributed by atoms with van der Waals surface area (Å²) in [6.45, 7) is 4.61. The fourth-order valence-electron chi connectivity index (χ4n) is 5.17. The zero-order valence-corrected chi connectivity index (χ0v) is 21.5. The summed E-state index contributed by atoms with van der Waals surface area (Å²) in [7, 11) is 0. The van der Waals surface area contributed by atoms with E-state index in [1.165, 1.54) is 11.1 Å². The maximum atomic E-state index is 11.8. The Labute approximate surface area is 226 Å². The molecule has 0 amide bonds. The maximum Gasteiger partial charge on any atom is 0.245 e. The van der Waals surface area contributed by atoms with Gasteiger partial charge in [-0.15, -0.1) is 5.10 Å². The van der Waals surface area contributed by atoms with E-state index >= 15 is 0 Å². The van der Waals surface area contributed by atoms with Crippen molar-refractivity contribution in [3.8, 4) is 5.69 Å². The van der Waals surface area contributed by atoms with E-state index in [2.05, 4.69) is 49.9 Å². The van der Waals surface area contributed by atoms with Gasteiger partial charge in [-0.25, -0.2) is 4.79 Å². The SMILES string of the molecule is Nc1nc(NC2C=CC(OCCC3NCc4ccccc43)=CC2=C=O)nn1-c1ccc(N2CCOCC2)cc1. The fraction of sp³-hybridized carbons (Fsp3) is 0.310. The number of ether oxygens (including phenoxy) is 2. The second-order valence-corrected chi connectivity index (χ2v) is 9.68. The van der Waals surface area contributed by atoms with E-state index < -0.39 is 6.04 Å². The number of hydrogen-bond donors (Lipinski definition) is 3. The molecule has 0 radical (unpaired) electrons. The van der Waals surface area contributed by atoms with Crippen LogP contribution in [-0.2, 0) is 20.8 Å². The number of aromatic nitrogens is 3. The molecule has 2 unspecified atom stereocenters. The fourth-order valence-corrected chi connectivity index (χ4v) is 5.17. The van der Waals surface area contributed by atoms with Crippen molar-refractivity contribution in [2.75, 3.05) is 48.9 Å². The van der Waals surface area contributed by atoms with Crippen LogP contribution in [0.3, 0.4) is 0 Å². The number of nitrogens with zero attached hydrogens (tertiary/aromatic N) is 4. The van der Waals surface area contributed by atoms with Crippen LogP contribution < -0.4 is 21.3 Å². The monoisotopic (exact) mass is 525 g/mol. The van der Waals surface area contributed by atoms with Gasteiger partial charge < -0.3 is 30.7 Å². The van der Waals surface area contributed by atoms with E-state index in [4.69, 9.17) is 15.2 Å². The van der Waals surface area contributed by atoms with E-state index in [0.717, 1.165) is 50.6 Å². The second kappa shape index (κ2) is 11.2. The summed E-state index contributed by atoms with van der Waals surface area (Å²) in [6, 6.07) is 16.3. The zero-order chi connectivity index (χ0) is 26.6. The molecule has 10 nitrogen and oxygen atoms in total. The van der Waals surface area contributed by atoms with Crippen molar-refractivity contribution in [1.82, 2.24) is 20.1 Å². The molecule has 0 saturated carbocycles. The van der Waals surface area contributed by atoms with Crippen LogP contribution in [0.1, 0.15) is 23.6 Å². The highest BCUT2D eigenvalue weighted by atomic mass is 16.5. The van der Waals surface area contributed by atoms with E-state index in [9.17, 15) is 4.79 Å². The normalized spacial score (nSPS) is 20.4. The van der Waals surface area contributed by atoms with Gasteiger partial charge in [-0.2, -0.15) is 9.67 Å². The minimum Gasteiger partial charge on any atom is -0.493 e. The minimum absolute atomic E-state index is 0.245. The van der Waals surface area contributed by atoms with Crippen LogP contribution in [0.4, 0.5) is 17.6 Å². The van der Waals surface area contributed by atoms with Crippen LogP contribution >= 0.6 is 0 Å². The molecule has 0 bridgehead atoms. The van der Waals surface area contributed by atoms with E-state index in [1.807, 2.05) is 42.4 Å². The summed E-state index contributed by atoms with van der Waals surface area (Å²) in [4.78, 5) is 18.4. The number of hydrogen-bond acceptors (Lipinski definition) is 9. The van der Waals surface area contributed by atoms with Gasteiger partial charge in [0.15, 0.2) is 0 Å². The summed E-state index contributed by atoms with van der Waals surface area (Å²) in [5.74, 6) is 3.20. The van der Waals surface area contributed by atoms with Gasteiger partial charge in [0.25, 0.3) is 0 Å². The van der Waals surface area contributed by atoms with Gasteiger partial charge in [0.2, 0.25) is 11.9 Å². The van der Waals surface area contributed by atoms with Gasteiger partial charge in [-0.3, -0.25) is 0 Å². The number of nitrogens with two attached hydrogens (primary N) is 1. The first-order chi connectivity index (χ1) is 19.2. The molecular weight excluding hydrogens is 494 g/mol. The summed E-state index contributed by atoms with van der Waals surface area (Å²) in [5.41, 5.74) is 11.2. The molecule has 1 saturated heterocycles. The van der Waals surface area contributed by atoms with Gasteiger partial charge >= 0.3 is 0 Å². The zero-order valence-electron chi connectivity index (χ0n) is 21.5. The molecule has 6 rings (SSSR count). The van der Waals surface area contributed by atoms with Gasteiger partial charge in [0.1, 0.15) is 11.7 Å². The Hall–Kier alpha value is -4.37. The molecule has 4 N–H and O–H groups in total. The van der Waals surface area contributed by atoms with Crippen molar-refractivity contribution >= 4 is 23.5 Å². The Kier molecular flexibility index (Phi) is 7.14. The Morgan fingerprint density at radius 1 is 1.13 bits per heavy atom. The molecule has 200 valence electrons. The number of carbonyl (C=O) groups excluding carboxylic acids is 1. The highest BCUT2D eigenvalue weighted by Crippen LogP contribution is 2.28. The molecule has 3 aliphatic rings. The Bertz CT molecular complexity index is 1430. The Morgan fingerprint density at radius 3 is 2.74 bits per heavy atom. The lowest BCUT2D eigenvalue weighted by atomic mass is 10.0. The molecule has 10 heteroatoms. The molecule has 3 heterocycles. The first-order valence-corrected chi connectivity index (χ1v) is 13.2. The number of morpholine rings is 1. The van der Waals surface area contributed by atoms with Crippen molar-refractivity contribution < 1.29 is 14.3 Å². The Balaban J connectivity index is 1.06. The van der Waals surface area contributed by atoms with Gasteiger partial charge in [0, 0.05) is 37.8 Å². The molecular formula is C29H31N7O3. The average molecular weight is 526 g/mol. The van der Waals surface area contributed by atoms with Crippen molar-refractivity contribution in [2.45, 2.75) is 25.0 Å². The van der Waals surface area contributed by atoms with E-state index in [1.54, 1.807) is 10.8 Å². The average Bonchev–Trinajstić information content (AvgIpc) is 3.57. The molecule has 0 spiro atoms. The van der Waals surface area contributed by atoms with Crippen LogP contribution in [0.2, 0.25) is 0 Å². The predicted molar refractivity (Wildman–Crippen MR) is 149 cm³/mol. The second-order valence-electron chi connectivity index (χ2n) is 9.68. The molecule has 2 aliphatic heterocycles. The largest absolute Gasteiger partial charge is 0.493 e. The number of allylic oxidation sites excluding steroid dienone is 1. The van der Waals surface area contributed by atoms with Crippen molar-refractivity contribution in [3.63, 3.8) is 0 Å². The Morgan fingerprint density at radius 2 is 1.92 bits per heavy atom. The summed E-state index contributed by atoms with van der Waals surface area (Å²) >= 11 is 0. The molecule has 2 aromatic carbocycles. The first-order valence-electron chi connectivity index (χ1n) is 13.2. The van der Waals surface area contributed by atoms with Gasteiger partial charge in [-0.1, -0.05) is 30.3 Å². The van der Waals surface area contributed by atoms with Crippen molar-refractivity contribution in [2.24, 2.45) is 0 Å². The first kappa shape index (κ1) is 24.9. The van der Waals surface area contributed by atoms with Crippen molar-refractivity contribution in [1.29, 1.82) is 0 Å². The van der Waals surface area contributed by atoms with E-state index in [-0.39, 0.29) is 12.0 Å². The summed E-state index contributed by atoms with van der Waals surface area (Å²) in [6.07, 6.45) is 6.22. The quantitative estimate of drug-likeness (QED) is 0.381. The highest BCUT2D eigenvalue weighted by Gasteiger charge is 2.22. The lowest BCUT2D eigenvalue weighted by molar-refractivity contribution is 0.122. The number of nitrogen functional groups attached to an aromatic ring is 1. The van der Waals surface area contributed by atoms with Crippen LogP contribution in [0.25, 0.3) is 5.69 Å². The smallest absolute Gasteiger partial charge is 0.245 e. The van der Waals surface area contributed by atoms with Gasteiger partial charge in [-0.05, 0) is 47.5 Å². The number of rotatable bonds is 8. The molecule has 1 aliphatic carbocycles. The van der Waals surface area contributed by atoms with Crippen molar-refractivity contribution in [3.05, 3.63) is 89.2 Å². The van der Waals surface area contributed by atoms with Gasteiger partial charge in [0.05, 0.1) is 37.1 Å². The minimum atomic E-state index is -0.447. The molecule has 3 aromatic rings. The number of anilines is 3. The third kappa shape index (κ3) is 5.44. The molecule has 1 fully saturated rings. The van der Waals surface area contributed by atoms with Crippen LogP contribution in [-0.4, -0.2) is 59.7 Å². The summed E-state index contributed by atoms with van der Waals surface area (Å²) < 4.78 is 13.0. The number of benzene rings is 2. The third-order valence-corrected chi connectivity index (χ3v) is 7.24. The molecule has 2 atom stereocenters. The standard InChI is InChI=1S/C29H31N7O3/c30-28-33-29(34-36(28)23-7-5-22(6-8-23)35-12-15-38-16-13-35)32-26-10-9-24(17-21(26)19-37)39-14-11-27-25-4-2-1-3-20(25)18-31-27/h1-10,17,26-27,31H,11-16,18H2,(H3,30,32,33,34). The lowest BCUT2D eigenvalue weighted by Crippen LogP contribution is -2.36. The molecule has 39 heavy (non-hydrogen) atoms. The maximum absolute atomic E-state index is 11.8. The molecule has 1 aromatic heterocycles. The number of fused-ring (bicyclic) bond motifs is 1. The van der Waals surface area contributed by atoms with E-state index in [0.29, 0.717) is 23.9 Å². The highest BCUT2D eigenvalue weighted by molar-refractivity contribution is 5.65. The number of nitrogens with one attached hydrogen (secondary N) is 2. The predicted octanol–water partition coefficient (Wildman–Crippen LogP) is 2.93. The third-order valence-electron chi connectivity index (χ3n) is 7.24. The van der Waals surface area contributed by atoms with Crippen LogP contribution in [0, 0.1) is 0 Å². The van der Waals surface area contributed by atoms with Crippen LogP contribution in [0.15, 0.2) is 78.1 Å². The van der Waals surface area contributed by atoms with Crippen LogP contribution in [0.5, 0.6) is 0 Å². The topological polar surface area (TPSA) is 120 Å². The lowest BCUT2D eigenvalue weighted by Gasteiger charge is -2.28.